The van der Waals surface area contributed by atoms with E-state index in [1.165, 1.54) is 4.90 Å². The van der Waals surface area contributed by atoms with Gasteiger partial charge in [-0.1, -0.05) is 16.8 Å². The van der Waals surface area contributed by atoms with Gasteiger partial charge in [-0.25, -0.2) is 8.78 Å². The molecule has 1 aliphatic heterocycles. The van der Waals surface area contributed by atoms with Crippen molar-refractivity contribution in [3.8, 4) is 0 Å². The number of rotatable bonds is 2. The molecule has 9 heteroatoms. The summed E-state index contributed by atoms with van der Waals surface area (Å²) in [5.41, 5.74) is 4.97. The Morgan fingerprint density at radius 2 is 2.19 bits per heavy atom. The van der Waals surface area contributed by atoms with Crippen LogP contribution in [0.2, 0.25) is 5.02 Å². The summed E-state index contributed by atoms with van der Waals surface area (Å²) in [6, 6.07) is 1.49. The van der Waals surface area contributed by atoms with Gasteiger partial charge in [-0.2, -0.15) is 0 Å². The first-order valence-corrected chi connectivity index (χ1v) is 6.34. The third kappa shape index (κ3) is 3.22. The van der Waals surface area contributed by atoms with Gasteiger partial charge >= 0.3 is 0 Å². The molecule has 21 heavy (non-hydrogen) atoms. The third-order valence-electron chi connectivity index (χ3n) is 3.04. The third-order valence-corrected chi connectivity index (χ3v) is 3.33. The number of nitrogens with two attached hydrogens (primary N) is 1. The second-order valence-electron chi connectivity index (χ2n) is 4.38. The average molecular weight is 320 g/mol. The average Bonchev–Trinajstić information content (AvgIpc) is 2.49. The molecule has 1 aliphatic rings. The number of morpholine rings is 1. The second-order valence-corrected chi connectivity index (χ2v) is 4.79. The summed E-state index contributed by atoms with van der Waals surface area (Å²) in [4.78, 5) is 13.5. The first kappa shape index (κ1) is 15.5. The van der Waals surface area contributed by atoms with Gasteiger partial charge in [0.1, 0.15) is 17.7 Å². The predicted molar refractivity (Wildman–Crippen MR) is 70.4 cm³/mol. The highest BCUT2D eigenvalue weighted by Crippen LogP contribution is 2.21. The number of hydrogen-bond acceptors (Lipinski definition) is 4. The van der Waals surface area contributed by atoms with Crippen LogP contribution in [0.15, 0.2) is 17.3 Å². The minimum atomic E-state index is -0.918. The molecule has 0 aromatic heterocycles. The summed E-state index contributed by atoms with van der Waals surface area (Å²) in [6.07, 6.45) is -0.798. The highest BCUT2D eigenvalue weighted by atomic mass is 35.5. The molecule has 1 amide bonds. The lowest BCUT2D eigenvalue weighted by Crippen LogP contribution is -2.50. The van der Waals surface area contributed by atoms with Gasteiger partial charge in [0, 0.05) is 6.54 Å². The molecule has 2 rings (SSSR count). The van der Waals surface area contributed by atoms with Crippen LogP contribution in [-0.4, -0.2) is 47.7 Å². The van der Waals surface area contributed by atoms with E-state index in [9.17, 15) is 13.6 Å². The van der Waals surface area contributed by atoms with E-state index in [4.69, 9.17) is 27.3 Å². The number of halogens is 3. The smallest absolute Gasteiger partial charge is 0.257 e. The lowest BCUT2D eigenvalue weighted by Gasteiger charge is -2.32. The first-order valence-electron chi connectivity index (χ1n) is 5.97. The molecule has 1 fully saturated rings. The van der Waals surface area contributed by atoms with Gasteiger partial charge in [0.2, 0.25) is 0 Å². The lowest BCUT2D eigenvalue weighted by atomic mass is 10.1. The number of oxime groups is 1. The molecule has 114 valence electrons. The molecule has 1 aromatic rings. The van der Waals surface area contributed by atoms with Crippen LogP contribution in [-0.2, 0) is 4.74 Å². The van der Waals surface area contributed by atoms with E-state index in [0.717, 1.165) is 12.1 Å². The summed E-state index contributed by atoms with van der Waals surface area (Å²) < 4.78 is 32.3. The number of amidine groups is 1. The minimum absolute atomic E-state index is 0.0294. The standard InChI is InChI=1S/C12H12ClF2N3O3/c13-7-4-8(14)6(3-9(7)15)12(19)18-1-2-21-10(5-18)11(16)17-20/h3-4,10,20H,1-2,5H2,(H2,16,17). The van der Waals surface area contributed by atoms with Gasteiger partial charge in [0.05, 0.1) is 23.7 Å². The highest BCUT2D eigenvalue weighted by molar-refractivity contribution is 6.30. The Hall–Kier alpha value is -1.93. The summed E-state index contributed by atoms with van der Waals surface area (Å²) in [5.74, 6) is -2.72. The van der Waals surface area contributed by atoms with Gasteiger partial charge in [-0.15, -0.1) is 0 Å². The molecule has 1 unspecified atom stereocenters. The zero-order chi connectivity index (χ0) is 15.6. The predicted octanol–water partition coefficient (Wildman–Crippen LogP) is 1.21. The largest absolute Gasteiger partial charge is 0.409 e. The molecule has 6 nitrogen and oxygen atoms in total. The quantitative estimate of drug-likeness (QED) is 0.282. The Labute approximate surface area is 123 Å². The van der Waals surface area contributed by atoms with Crippen LogP contribution >= 0.6 is 11.6 Å². The number of ether oxygens (including phenoxy) is 1. The topological polar surface area (TPSA) is 88.2 Å². The van der Waals surface area contributed by atoms with Crippen molar-refractivity contribution in [1.82, 2.24) is 4.90 Å². The zero-order valence-electron chi connectivity index (χ0n) is 10.7. The SMILES string of the molecule is N/C(=N/O)C1CN(C(=O)c2cc(F)c(Cl)cc2F)CCO1. The van der Waals surface area contributed by atoms with Crippen LogP contribution in [0.1, 0.15) is 10.4 Å². The fourth-order valence-electron chi connectivity index (χ4n) is 1.93. The van der Waals surface area contributed by atoms with E-state index in [-0.39, 0.29) is 25.5 Å². The fourth-order valence-corrected chi connectivity index (χ4v) is 2.08. The van der Waals surface area contributed by atoms with Crippen molar-refractivity contribution in [2.75, 3.05) is 19.7 Å². The molecular weight excluding hydrogens is 308 g/mol. The molecular formula is C12H12ClF2N3O3. The summed E-state index contributed by atoms with van der Waals surface area (Å²) in [6.45, 7) is 0.278. The van der Waals surface area contributed by atoms with E-state index in [2.05, 4.69) is 5.16 Å². The van der Waals surface area contributed by atoms with E-state index in [0.29, 0.717) is 0 Å². The lowest BCUT2D eigenvalue weighted by molar-refractivity contribution is 0.00652. The summed E-state index contributed by atoms with van der Waals surface area (Å²) in [5, 5.41) is 11.0. The van der Waals surface area contributed by atoms with Crippen LogP contribution in [0, 0.1) is 11.6 Å². The molecule has 0 spiro atoms. The molecule has 0 saturated carbocycles. The van der Waals surface area contributed by atoms with E-state index < -0.39 is 34.2 Å². The number of amides is 1. The highest BCUT2D eigenvalue weighted by Gasteiger charge is 2.29. The van der Waals surface area contributed by atoms with Gasteiger partial charge in [0.15, 0.2) is 5.84 Å². The van der Waals surface area contributed by atoms with E-state index in [1.807, 2.05) is 0 Å². The van der Waals surface area contributed by atoms with Crippen molar-refractivity contribution in [2.24, 2.45) is 10.9 Å². The Morgan fingerprint density at radius 1 is 1.48 bits per heavy atom. The summed E-state index contributed by atoms with van der Waals surface area (Å²) >= 11 is 5.44. The van der Waals surface area contributed by atoms with Crippen molar-refractivity contribution in [1.29, 1.82) is 0 Å². The van der Waals surface area contributed by atoms with Crippen LogP contribution in [0.5, 0.6) is 0 Å². The molecule has 1 heterocycles. The zero-order valence-corrected chi connectivity index (χ0v) is 11.5. The molecule has 3 N–H and O–H groups in total. The maximum Gasteiger partial charge on any atom is 0.257 e. The molecule has 1 saturated heterocycles. The number of carbonyl (C=O) groups is 1. The Kier molecular flexibility index (Phi) is 4.59. The number of benzene rings is 1. The Bertz CT molecular complexity index is 597. The first-order chi connectivity index (χ1) is 9.93. The maximum absolute atomic E-state index is 13.7. The van der Waals surface area contributed by atoms with Gasteiger partial charge in [-0.3, -0.25) is 4.79 Å². The molecule has 1 aromatic carbocycles. The van der Waals surface area contributed by atoms with Crippen LogP contribution in [0.3, 0.4) is 0 Å². The molecule has 0 radical (unpaired) electrons. The number of nitrogens with zero attached hydrogens (tertiary/aromatic N) is 2. The van der Waals surface area contributed by atoms with Crippen LogP contribution in [0.4, 0.5) is 8.78 Å². The van der Waals surface area contributed by atoms with Crippen molar-refractivity contribution in [3.05, 3.63) is 34.4 Å². The van der Waals surface area contributed by atoms with E-state index >= 15 is 0 Å². The Balaban J connectivity index is 2.22. The number of carbonyl (C=O) groups excluding carboxylic acids is 1. The van der Waals surface area contributed by atoms with Crippen molar-refractivity contribution >= 4 is 23.3 Å². The minimum Gasteiger partial charge on any atom is -0.409 e. The van der Waals surface area contributed by atoms with Crippen molar-refractivity contribution in [3.63, 3.8) is 0 Å². The Morgan fingerprint density at radius 3 is 2.86 bits per heavy atom. The second kappa shape index (κ2) is 6.23. The number of hydrogen-bond donors (Lipinski definition) is 2. The van der Waals surface area contributed by atoms with Gasteiger partial charge < -0.3 is 20.6 Å². The van der Waals surface area contributed by atoms with Gasteiger partial charge in [0.25, 0.3) is 5.91 Å². The monoisotopic (exact) mass is 319 g/mol. The fraction of sp³-hybridized carbons (Fsp3) is 0.333. The van der Waals surface area contributed by atoms with Crippen LogP contribution in [0.25, 0.3) is 0 Å². The molecule has 1 atom stereocenters. The summed E-state index contributed by atoms with van der Waals surface area (Å²) in [7, 11) is 0. The van der Waals surface area contributed by atoms with E-state index in [1.54, 1.807) is 0 Å². The van der Waals surface area contributed by atoms with Gasteiger partial charge in [-0.05, 0) is 12.1 Å². The van der Waals surface area contributed by atoms with Crippen molar-refractivity contribution in [2.45, 2.75) is 6.10 Å². The van der Waals surface area contributed by atoms with Crippen molar-refractivity contribution < 1.29 is 23.5 Å². The molecule has 0 aliphatic carbocycles. The molecule has 0 bridgehead atoms. The normalized spacial score (nSPS) is 19.7. The van der Waals surface area contributed by atoms with Crippen LogP contribution < -0.4 is 5.73 Å². The maximum atomic E-state index is 13.7.